The first-order chi connectivity index (χ1) is 15.8. The molecule has 0 spiro atoms. The van der Waals surface area contributed by atoms with Gasteiger partial charge in [-0.15, -0.1) is 10.2 Å². The number of nitrogens with zero attached hydrogens (tertiary/aromatic N) is 5. The minimum Gasteiger partial charge on any atom is -0.461 e. The van der Waals surface area contributed by atoms with Gasteiger partial charge in [0.25, 0.3) is 0 Å². The zero-order valence-corrected chi connectivity index (χ0v) is 18.4. The van der Waals surface area contributed by atoms with Gasteiger partial charge in [0.05, 0.1) is 30.8 Å². The number of rotatable bonds is 8. The van der Waals surface area contributed by atoms with Crippen LogP contribution in [-0.2, 0) is 11.3 Å². The summed E-state index contributed by atoms with van der Waals surface area (Å²) in [6, 6.07) is 16.0. The molecule has 1 N–H and O–H groups in total. The van der Waals surface area contributed by atoms with Gasteiger partial charge in [-0.3, -0.25) is 9.36 Å². The Hall–Kier alpha value is -3.33. The van der Waals surface area contributed by atoms with Gasteiger partial charge in [0.15, 0.2) is 10.9 Å². The molecule has 9 heteroatoms. The lowest BCUT2D eigenvalue weighted by atomic mass is 10.2. The molecule has 3 aromatic heterocycles. The van der Waals surface area contributed by atoms with Crippen molar-refractivity contribution in [3.63, 3.8) is 0 Å². The lowest BCUT2D eigenvalue weighted by Crippen LogP contribution is -2.19. The van der Waals surface area contributed by atoms with E-state index in [1.54, 1.807) is 12.5 Å². The van der Waals surface area contributed by atoms with E-state index in [0.717, 1.165) is 24.2 Å². The van der Waals surface area contributed by atoms with E-state index in [2.05, 4.69) is 32.7 Å². The molecule has 0 atom stereocenters. The second kappa shape index (κ2) is 9.44. The van der Waals surface area contributed by atoms with E-state index in [0.29, 0.717) is 29.3 Å². The number of anilines is 1. The number of furan rings is 1. The Bertz CT molecular complexity index is 1160. The molecule has 1 aromatic carbocycles. The fourth-order valence-corrected chi connectivity index (χ4v) is 4.79. The number of carbonyl (C=O) groups is 1. The average Bonchev–Trinajstić information content (AvgIpc) is 3.60. The summed E-state index contributed by atoms with van der Waals surface area (Å²) in [4.78, 5) is 12.7. The molecule has 0 saturated heterocycles. The number of aromatic nitrogens is 5. The van der Waals surface area contributed by atoms with E-state index in [9.17, 15) is 4.79 Å². The Morgan fingerprint density at radius 3 is 2.72 bits per heavy atom. The van der Waals surface area contributed by atoms with Crippen LogP contribution in [0, 0.1) is 0 Å². The second-order valence-electron chi connectivity index (χ2n) is 7.79. The maximum Gasteiger partial charge on any atom is 0.235 e. The molecular formula is C23H24N6O2S. The molecule has 3 heterocycles. The molecule has 1 aliphatic carbocycles. The third kappa shape index (κ3) is 4.47. The minimum absolute atomic E-state index is 0.0939. The van der Waals surface area contributed by atoms with Crippen LogP contribution in [0.2, 0.25) is 0 Å². The number of carbonyl (C=O) groups excluding carboxylic acids is 1. The van der Waals surface area contributed by atoms with Gasteiger partial charge in [-0.25, -0.2) is 4.68 Å². The zero-order valence-electron chi connectivity index (χ0n) is 17.6. The lowest BCUT2D eigenvalue weighted by Gasteiger charge is -2.14. The van der Waals surface area contributed by atoms with Crippen LogP contribution >= 0.6 is 11.8 Å². The highest BCUT2D eigenvalue weighted by Crippen LogP contribution is 2.31. The topological polar surface area (TPSA) is 90.8 Å². The Balaban J connectivity index is 1.30. The van der Waals surface area contributed by atoms with E-state index in [-0.39, 0.29) is 11.7 Å². The first-order valence-electron chi connectivity index (χ1n) is 10.7. The smallest absolute Gasteiger partial charge is 0.235 e. The molecule has 0 radical (unpaired) electrons. The van der Waals surface area contributed by atoms with Gasteiger partial charge in [-0.1, -0.05) is 54.9 Å². The van der Waals surface area contributed by atoms with E-state index in [4.69, 9.17) is 4.42 Å². The van der Waals surface area contributed by atoms with Crippen molar-refractivity contribution in [3.05, 3.63) is 66.6 Å². The average molecular weight is 449 g/mol. The summed E-state index contributed by atoms with van der Waals surface area (Å²) in [7, 11) is 0. The summed E-state index contributed by atoms with van der Waals surface area (Å²) in [6.07, 6.45) is 8.00. The van der Waals surface area contributed by atoms with Crippen molar-refractivity contribution in [1.82, 2.24) is 24.5 Å². The summed E-state index contributed by atoms with van der Waals surface area (Å²) < 4.78 is 9.48. The summed E-state index contributed by atoms with van der Waals surface area (Å²) in [5.74, 6) is 2.17. The minimum atomic E-state index is -0.0939. The summed E-state index contributed by atoms with van der Waals surface area (Å²) in [5.41, 5.74) is 1.12. The molecule has 32 heavy (non-hydrogen) atoms. The van der Waals surface area contributed by atoms with Gasteiger partial charge >= 0.3 is 0 Å². The number of thioether (sulfide) groups is 1. The highest BCUT2D eigenvalue weighted by Gasteiger charge is 2.21. The summed E-state index contributed by atoms with van der Waals surface area (Å²) in [6.45, 7) is 0.586. The molecule has 1 fully saturated rings. The van der Waals surface area contributed by atoms with Gasteiger partial charge in [-0.05, 0) is 30.5 Å². The first-order valence-corrected chi connectivity index (χ1v) is 11.7. The first kappa shape index (κ1) is 20.6. The van der Waals surface area contributed by atoms with Crippen LogP contribution in [0.4, 0.5) is 5.82 Å². The maximum atomic E-state index is 12.7. The van der Waals surface area contributed by atoms with Crippen molar-refractivity contribution < 1.29 is 9.21 Å². The van der Waals surface area contributed by atoms with Crippen LogP contribution in [0.1, 0.15) is 37.3 Å². The predicted molar refractivity (Wildman–Crippen MR) is 122 cm³/mol. The lowest BCUT2D eigenvalue weighted by molar-refractivity contribution is -0.113. The van der Waals surface area contributed by atoms with Crippen LogP contribution in [0.5, 0.6) is 0 Å². The Morgan fingerprint density at radius 2 is 1.94 bits per heavy atom. The standard InChI is InChI=1S/C23H24N6O2S/c30-21(25-20-12-13-24-29(20)18-9-4-5-10-18)16-32-23-27-26-22(19-11-6-14-31-19)28(23)15-17-7-2-1-3-8-17/h1-3,6-8,11-14,18H,4-5,9-10,15-16H2,(H,25,30). The van der Waals surface area contributed by atoms with Crippen LogP contribution in [0.25, 0.3) is 11.6 Å². The number of hydrogen-bond donors (Lipinski definition) is 1. The van der Waals surface area contributed by atoms with Gasteiger partial charge < -0.3 is 9.73 Å². The third-order valence-corrected chi connectivity index (χ3v) is 6.55. The zero-order chi connectivity index (χ0) is 21.8. The summed E-state index contributed by atoms with van der Waals surface area (Å²) >= 11 is 1.36. The van der Waals surface area contributed by atoms with Gasteiger partial charge in [0.2, 0.25) is 11.7 Å². The monoisotopic (exact) mass is 448 g/mol. The van der Waals surface area contributed by atoms with E-state index >= 15 is 0 Å². The van der Waals surface area contributed by atoms with Crippen molar-refractivity contribution in [2.24, 2.45) is 0 Å². The largest absolute Gasteiger partial charge is 0.461 e. The molecule has 1 amide bonds. The number of benzene rings is 1. The van der Waals surface area contributed by atoms with Crippen molar-refractivity contribution >= 4 is 23.5 Å². The van der Waals surface area contributed by atoms with Crippen LogP contribution < -0.4 is 5.32 Å². The molecule has 1 saturated carbocycles. The van der Waals surface area contributed by atoms with Crippen LogP contribution in [0.15, 0.2) is 70.6 Å². The molecule has 164 valence electrons. The predicted octanol–water partition coefficient (Wildman–Crippen LogP) is 4.63. The van der Waals surface area contributed by atoms with Gasteiger partial charge in [0, 0.05) is 6.07 Å². The van der Waals surface area contributed by atoms with E-state index < -0.39 is 0 Å². The molecule has 0 bridgehead atoms. The number of amides is 1. The SMILES string of the molecule is O=C(CSc1nnc(-c2ccco2)n1Cc1ccccc1)Nc1ccnn1C1CCCC1. The van der Waals surface area contributed by atoms with E-state index in [1.165, 1.54) is 24.6 Å². The fraction of sp³-hybridized carbons (Fsp3) is 0.304. The quantitative estimate of drug-likeness (QED) is 0.395. The van der Waals surface area contributed by atoms with Gasteiger partial charge in [0.1, 0.15) is 5.82 Å². The molecule has 5 rings (SSSR count). The molecule has 0 aliphatic heterocycles. The van der Waals surface area contributed by atoms with Gasteiger partial charge in [-0.2, -0.15) is 5.10 Å². The molecule has 4 aromatic rings. The van der Waals surface area contributed by atoms with Crippen LogP contribution in [0.3, 0.4) is 0 Å². The normalized spacial score (nSPS) is 14.1. The Morgan fingerprint density at radius 1 is 1.09 bits per heavy atom. The van der Waals surface area contributed by atoms with Crippen molar-refractivity contribution in [2.45, 2.75) is 43.4 Å². The second-order valence-corrected chi connectivity index (χ2v) is 8.73. The fourth-order valence-electron chi connectivity index (χ4n) is 4.05. The van der Waals surface area contributed by atoms with Crippen LogP contribution in [-0.4, -0.2) is 36.2 Å². The highest BCUT2D eigenvalue weighted by molar-refractivity contribution is 7.99. The highest BCUT2D eigenvalue weighted by atomic mass is 32.2. The number of nitrogens with one attached hydrogen (secondary N) is 1. The molecule has 0 unspecified atom stereocenters. The van der Waals surface area contributed by atoms with Crippen molar-refractivity contribution in [1.29, 1.82) is 0 Å². The molecule has 8 nitrogen and oxygen atoms in total. The van der Waals surface area contributed by atoms with Crippen molar-refractivity contribution in [3.8, 4) is 11.6 Å². The van der Waals surface area contributed by atoms with E-state index in [1.807, 2.05) is 45.6 Å². The maximum absolute atomic E-state index is 12.7. The molecular weight excluding hydrogens is 424 g/mol. The Labute approximate surface area is 190 Å². The summed E-state index contributed by atoms with van der Waals surface area (Å²) in [5, 5.41) is 16.8. The number of hydrogen-bond acceptors (Lipinski definition) is 6. The Kier molecular flexibility index (Phi) is 6.06. The molecule has 1 aliphatic rings. The third-order valence-electron chi connectivity index (χ3n) is 5.58. The van der Waals surface area contributed by atoms with Crippen molar-refractivity contribution in [2.75, 3.05) is 11.1 Å².